The van der Waals surface area contributed by atoms with Crippen molar-refractivity contribution in [3.63, 3.8) is 0 Å². The molecule has 1 fully saturated rings. The Balaban J connectivity index is 1.73. The monoisotopic (exact) mass is 263 g/mol. The summed E-state index contributed by atoms with van der Waals surface area (Å²) in [5, 5.41) is 6.62. The van der Waals surface area contributed by atoms with E-state index in [1.165, 1.54) is 19.4 Å². The molecule has 106 valence electrons. The molecule has 5 heteroatoms. The van der Waals surface area contributed by atoms with Gasteiger partial charge in [-0.05, 0) is 32.9 Å². The van der Waals surface area contributed by atoms with Crippen LogP contribution in [-0.4, -0.2) is 47.1 Å². The fourth-order valence-electron chi connectivity index (χ4n) is 2.62. The van der Waals surface area contributed by atoms with E-state index in [0.29, 0.717) is 12.0 Å². The van der Waals surface area contributed by atoms with Crippen LogP contribution in [0.3, 0.4) is 0 Å². The molecule has 1 aliphatic rings. The van der Waals surface area contributed by atoms with Gasteiger partial charge in [0.15, 0.2) is 0 Å². The van der Waals surface area contributed by atoms with E-state index in [1.54, 1.807) is 0 Å². The van der Waals surface area contributed by atoms with Gasteiger partial charge in [0, 0.05) is 43.6 Å². The average Bonchev–Trinajstić information content (AvgIpc) is 2.88. The van der Waals surface area contributed by atoms with E-state index >= 15 is 0 Å². The van der Waals surface area contributed by atoms with Gasteiger partial charge in [-0.1, -0.05) is 6.92 Å². The minimum atomic E-state index is 0.701. The van der Waals surface area contributed by atoms with Crippen molar-refractivity contribution >= 4 is 5.95 Å². The molecule has 0 bridgehead atoms. The van der Waals surface area contributed by atoms with Gasteiger partial charge in [-0.3, -0.25) is 4.90 Å². The third kappa shape index (κ3) is 4.14. The fraction of sp³-hybridized carbons (Fsp3) is 0.714. The predicted molar refractivity (Wildman–Crippen MR) is 78.2 cm³/mol. The summed E-state index contributed by atoms with van der Waals surface area (Å²) in [7, 11) is 0. The van der Waals surface area contributed by atoms with Crippen molar-refractivity contribution < 1.29 is 0 Å². The summed E-state index contributed by atoms with van der Waals surface area (Å²) in [6, 6.07) is 0.701. The van der Waals surface area contributed by atoms with E-state index in [1.807, 2.05) is 19.3 Å². The molecular formula is C14H25N5. The molecule has 0 aliphatic carbocycles. The van der Waals surface area contributed by atoms with Gasteiger partial charge in [0.2, 0.25) is 5.95 Å². The van der Waals surface area contributed by atoms with Crippen molar-refractivity contribution in [3.05, 3.63) is 18.0 Å². The minimum Gasteiger partial charge on any atom is -0.355 e. The molecule has 1 aliphatic heterocycles. The second kappa shape index (κ2) is 7.40. The molecule has 1 saturated heterocycles. The second-order valence-electron chi connectivity index (χ2n) is 5.00. The number of nitrogens with one attached hydrogen (secondary N) is 2. The summed E-state index contributed by atoms with van der Waals surface area (Å²) >= 11 is 0. The molecule has 1 aromatic heterocycles. The second-order valence-corrected chi connectivity index (χ2v) is 5.00. The van der Waals surface area contributed by atoms with Gasteiger partial charge in [-0.25, -0.2) is 9.97 Å². The highest BCUT2D eigenvalue weighted by molar-refractivity contribution is 5.24. The average molecular weight is 263 g/mol. The largest absolute Gasteiger partial charge is 0.355 e. The summed E-state index contributed by atoms with van der Waals surface area (Å²) in [6.45, 7) is 9.46. The first-order valence-corrected chi connectivity index (χ1v) is 7.33. The highest BCUT2D eigenvalue weighted by atomic mass is 15.2. The van der Waals surface area contributed by atoms with Crippen molar-refractivity contribution in [1.29, 1.82) is 0 Å². The van der Waals surface area contributed by atoms with Gasteiger partial charge in [-0.15, -0.1) is 0 Å². The van der Waals surface area contributed by atoms with E-state index in [0.717, 1.165) is 31.7 Å². The Morgan fingerprint density at radius 3 is 2.79 bits per heavy atom. The fourth-order valence-corrected chi connectivity index (χ4v) is 2.62. The Morgan fingerprint density at radius 2 is 2.11 bits per heavy atom. The molecule has 2 rings (SSSR count). The number of rotatable bonds is 7. The van der Waals surface area contributed by atoms with Crippen LogP contribution in [0.5, 0.6) is 0 Å². The SMILES string of the molecule is CCNc1ncc(CNC[C@@H]2CCCN2CC)cn1. The van der Waals surface area contributed by atoms with Crippen molar-refractivity contribution in [2.75, 3.05) is 31.5 Å². The maximum absolute atomic E-state index is 4.28. The Kier molecular flexibility index (Phi) is 5.54. The van der Waals surface area contributed by atoms with Gasteiger partial charge in [0.05, 0.1) is 0 Å². The lowest BCUT2D eigenvalue weighted by atomic mass is 10.2. The van der Waals surface area contributed by atoms with Gasteiger partial charge in [0.1, 0.15) is 0 Å². The topological polar surface area (TPSA) is 53.1 Å². The lowest BCUT2D eigenvalue weighted by molar-refractivity contribution is 0.260. The van der Waals surface area contributed by atoms with Crippen molar-refractivity contribution in [2.45, 2.75) is 39.3 Å². The lowest BCUT2D eigenvalue weighted by Gasteiger charge is -2.22. The summed E-state index contributed by atoms with van der Waals surface area (Å²) in [5.41, 5.74) is 1.14. The van der Waals surface area contributed by atoms with Gasteiger partial charge in [0.25, 0.3) is 0 Å². The minimum absolute atomic E-state index is 0.701. The third-order valence-corrected chi connectivity index (χ3v) is 3.65. The number of likely N-dealkylation sites (tertiary alicyclic amines) is 1. The number of anilines is 1. The molecule has 0 radical (unpaired) electrons. The smallest absolute Gasteiger partial charge is 0.222 e. The Labute approximate surface area is 115 Å². The molecule has 5 nitrogen and oxygen atoms in total. The van der Waals surface area contributed by atoms with Gasteiger partial charge in [-0.2, -0.15) is 0 Å². The first-order chi connectivity index (χ1) is 9.33. The van der Waals surface area contributed by atoms with E-state index in [2.05, 4.69) is 32.4 Å². The third-order valence-electron chi connectivity index (χ3n) is 3.65. The number of hydrogen-bond acceptors (Lipinski definition) is 5. The molecular weight excluding hydrogens is 238 g/mol. The van der Waals surface area contributed by atoms with Gasteiger partial charge >= 0.3 is 0 Å². The molecule has 0 aromatic carbocycles. The van der Waals surface area contributed by atoms with Crippen molar-refractivity contribution in [3.8, 4) is 0 Å². The lowest BCUT2D eigenvalue weighted by Crippen LogP contribution is -2.37. The van der Waals surface area contributed by atoms with Crippen LogP contribution in [0.4, 0.5) is 5.95 Å². The van der Waals surface area contributed by atoms with Crippen LogP contribution in [0.2, 0.25) is 0 Å². The van der Waals surface area contributed by atoms with Crippen LogP contribution in [0, 0.1) is 0 Å². The summed E-state index contributed by atoms with van der Waals surface area (Å²) in [4.78, 5) is 11.1. The molecule has 0 amide bonds. The Morgan fingerprint density at radius 1 is 1.32 bits per heavy atom. The summed E-state index contributed by atoms with van der Waals surface area (Å²) in [5.74, 6) is 0.708. The zero-order valence-corrected chi connectivity index (χ0v) is 12.0. The van der Waals surface area contributed by atoms with Gasteiger partial charge < -0.3 is 10.6 Å². The van der Waals surface area contributed by atoms with Crippen LogP contribution >= 0.6 is 0 Å². The molecule has 0 unspecified atom stereocenters. The molecule has 0 spiro atoms. The normalized spacial score (nSPS) is 19.8. The van der Waals surface area contributed by atoms with E-state index in [9.17, 15) is 0 Å². The van der Waals surface area contributed by atoms with Crippen LogP contribution in [-0.2, 0) is 6.54 Å². The summed E-state index contributed by atoms with van der Waals surface area (Å²) < 4.78 is 0. The Bertz CT molecular complexity index is 365. The van der Waals surface area contributed by atoms with Crippen molar-refractivity contribution in [1.82, 2.24) is 20.2 Å². The zero-order valence-electron chi connectivity index (χ0n) is 12.0. The standard InChI is InChI=1S/C14H25N5/c1-3-16-14-17-9-12(10-18-14)8-15-11-13-6-5-7-19(13)4-2/h9-10,13,15H,3-8,11H2,1-2H3,(H,16,17,18)/t13-/m0/s1. The molecule has 19 heavy (non-hydrogen) atoms. The number of aromatic nitrogens is 2. The molecule has 2 heterocycles. The van der Waals surface area contributed by atoms with Crippen LogP contribution in [0.15, 0.2) is 12.4 Å². The molecule has 1 aromatic rings. The van der Waals surface area contributed by atoms with Crippen molar-refractivity contribution in [2.24, 2.45) is 0 Å². The first kappa shape index (κ1) is 14.2. The van der Waals surface area contributed by atoms with Crippen LogP contribution in [0.1, 0.15) is 32.3 Å². The van der Waals surface area contributed by atoms with E-state index < -0.39 is 0 Å². The molecule has 2 N–H and O–H groups in total. The quantitative estimate of drug-likeness (QED) is 0.780. The summed E-state index contributed by atoms with van der Waals surface area (Å²) in [6.07, 6.45) is 6.44. The van der Waals surface area contributed by atoms with E-state index in [-0.39, 0.29) is 0 Å². The predicted octanol–water partition coefficient (Wildman–Crippen LogP) is 1.48. The van der Waals surface area contributed by atoms with Crippen LogP contribution < -0.4 is 10.6 Å². The highest BCUT2D eigenvalue weighted by Crippen LogP contribution is 2.15. The van der Waals surface area contributed by atoms with Crippen LogP contribution in [0.25, 0.3) is 0 Å². The first-order valence-electron chi connectivity index (χ1n) is 7.33. The maximum atomic E-state index is 4.28. The maximum Gasteiger partial charge on any atom is 0.222 e. The Hall–Kier alpha value is -1.20. The molecule has 1 atom stereocenters. The highest BCUT2D eigenvalue weighted by Gasteiger charge is 2.21. The number of likely N-dealkylation sites (N-methyl/N-ethyl adjacent to an activating group) is 1. The number of hydrogen-bond donors (Lipinski definition) is 2. The zero-order chi connectivity index (χ0) is 13.5. The molecule has 0 saturated carbocycles. The van der Waals surface area contributed by atoms with E-state index in [4.69, 9.17) is 0 Å². The number of nitrogens with zero attached hydrogens (tertiary/aromatic N) is 3.